The Bertz CT molecular complexity index is 469. The van der Waals surface area contributed by atoms with Crippen LogP contribution in [-0.4, -0.2) is 23.8 Å². The van der Waals surface area contributed by atoms with Crippen molar-refractivity contribution in [3.8, 4) is 5.75 Å². The fourth-order valence-electron chi connectivity index (χ4n) is 1.86. The summed E-state index contributed by atoms with van der Waals surface area (Å²) in [5.41, 5.74) is 2.10. The molecule has 84 valence electrons. The highest BCUT2D eigenvalue weighted by molar-refractivity contribution is 5.95. The summed E-state index contributed by atoms with van der Waals surface area (Å²) in [6.45, 7) is 3.81. The van der Waals surface area contributed by atoms with Crippen molar-refractivity contribution in [2.75, 3.05) is 11.9 Å². The molecule has 0 aliphatic carbocycles. The molecule has 1 N–H and O–H groups in total. The molecule has 2 rings (SSSR count). The van der Waals surface area contributed by atoms with Gasteiger partial charge in [-0.15, -0.1) is 0 Å². The van der Waals surface area contributed by atoms with Gasteiger partial charge in [0.15, 0.2) is 24.5 Å². The van der Waals surface area contributed by atoms with Gasteiger partial charge in [-0.25, -0.2) is 4.98 Å². The minimum Gasteiger partial charge on any atom is -0.480 e. The Hall–Kier alpha value is -1.91. The summed E-state index contributed by atoms with van der Waals surface area (Å²) in [6, 6.07) is 0. The van der Waals surface area contributed by atoms with Crippen molar-refractivity contribution in [3.05, 3.63) is 16.8 Å². The fraction of sp³-hybridized carbons (Fsp3) is 0.364. The van der Waals surface area contributed by atoms with Crippen LogP contribution < -0.4 is 10.1 Å². The van der Waals surface area contributed by atoms with Crippen molar-refractivity contribution in [3.63, 3.8) is 0 Å². The first kappa shape index (κ1) is 10.6. The first-order valence-electron chi connectivity index (χ1n) is 5.08. The summed E-state index contributed by atoms with van der Waals surface area (Å²) < 4.78 is 5.32. The van der Waals surface area contributed by atoms with Crippen LogP contribution in [0.4, 0.5) is 5.82 Å². The molecule has 1 aromatic heterocycles. The van der Waals surface area contributed by atoms with E-state index in [-0.39, 0.29) is 12.5 Å². The van der Waals surface area contributed by atoms with E-state index in [4.69, 9.17) is 4.74 Å². The number of hydrogen-bond donors (Lipinski definition) is 1. The number of nitrogens with one attached hydrogen (secondary N) is 1. The summed E-state index contributed by atoms with van der Waals surface area (Å²) in [6.07, 6.45) is 1.41. The number of fused-ring (bicyclic) bond motifs is 1. The highest BCUT2D eigenvalue weighted by Crippen LogP contribution is 2.32. The van der Waals surface area contributed by atoms with E-state index in [1.807, 2.05) is 13.8 Å². The molecule has 0 saturated heterocycles. The van der Waals surface area contributed by atoms with Gasteiger partial charge in [-0.2, -0.15) is 0 Å². The number of nitrogens with zero attached hydrogens (tertiary/aromatic N) is 1. The summed E-state index contributed by atoms with van der Waals surface area (Å²) >= 11 is 0. The van der Waals surface area contributed by atoms with E-state index in [2.05, 4.69) is 10.3 Å². The molecule has 0 saturated carbocycles. The number of rotatable bonds is 2. The Morgan fingerprint density at radius 2 is 2.31 bits per heavy atom. The largest absolute Gasteiger partial charge is 0.480 e. The lowest BCUT2D eigenvalue weighted by atomic mass is 10.0. The van der Waals surface area contributed by atoms with Crippen LogP contribution in [0.5, 0.6) is 5.75 Å². The van der Waals surface area contributed by atoms with Gasteiger partial charge in [-0.1, -0.05) is 6.92 Å². The summed E-state index contributed by atoms with van der Waals surface area (Å²) in [4.78, 5) is 26.1. The number of carbonyl (C=O) groups is 2. The minimum atomic E-state index is -0.250. The number of aromatic nitrogens is 1. The molecule has 1 aromatic rings. The van der Waals surface area contributed by atoms with E-state index < -0.39 is 0 Å². The molecule has 16 heavy (non-hydrogen) atoms. The quantitative estimate of drug-likeness (QED) is 0.758. The normalized spacial score (nSPS) is 13.8. The van der Waals surface area contributed by atoms with E-state index >= 15 is 0 Å². The molecule has 0 unspecified atom stereocenters. The highest BCUT2D eigenvalue weighted by Gasteiger charge is 2.22. The van der Waals surface area contributed by atoms with Gasteiger partial charge in [-0.3, -0.25) is 9.59 Å². The number of pyridine rings is 1. The molecule has 5 heteroatoms. The fourth-order valence-corrected chi connectivity index (χ4v) is 1.86. The third kappa shape index (κ3) is 1.54. The lowest BCUT2D eigenvalue weighted by Crippen LogP contribution is -2.27. The number of anilines is 1. The van der Waals surface area contributed by atoms with Crippen LogP contribution in [0.3, 0.4) is 0 Å². The van der Waals surface area contributed by atoms with Crippen LogP contribution in [0.15, 0.2) is 0 Å². The average molecular weight is 220 g/mol. The molecule has 0 aromatic carbocycles. The van der Waals surface area contributed by atoms with Gasteiger partial charge in [0.25, 0.3) is 5.91 Å². The highest BCUT2D eigenvalue weighted by atomic mass is 16.5. The zero-order valence-electron chi connectivity index (χ0n) is 9.16. The van der Waals surface area contributed by atoms with Crippen molar-refractivity contribution >= 4 is 18.0 Å². The van der Waals surface area contributed by atoms with Crippen molar-refractivity contribution in [1.29, 1.82) is 0 Å². The lowest BCUT2D eigenvalue weighted by molar-refractivity contribution is -0.118. The minimum absolute atomic E-state index is 0.000883. The van der Waals surface area contributed by atoms with Gasteiger partial charge in [0.1, 0.15) is 5.69 Å². The Kier molecular flexibility index (Phi) is 2.60. The second-order valence-electron chi connectivity index (χ2n) is 3.59. The SMILES string of the molecule is CCc1c(C=O)nc2c(c1C)OCC(=O)N2. The standard InChI is InChI=1S/C11H12N2O3/c1-3-7-6(2)10-11(12-8(7)4-14)13-9(15)5-16-10/h4H,3,5H2,1-2H3,(H,12,13,15). The first-order chi connectivity index (χ1) is 7.67. The van der Waals surface area contributed by atoms with Gasteiger partial charge in [0.05, 0.1) is 0 Å². The number of amides is 1. The van der Waals surface area contributed by atoms with Gasteiger partial charge in [0, 0.05) is 5.56 Å². The molecule has 0 radical (unpaired) electrons. The van der Waals surface area contributed by atoms with E-state index in [9.17, 15) is 9.59 Å². The molecule has 0 bridgehead atoms. The predicted molar refractivity (Wildman–Crippen MR) is 57.9 cm³/mol. The van der Waals surface area contributed by atoms with E-state index in [1.54, 1.807) is 0 Å². The molecular weight excluding hydrogens is 208 g/mol. The maximum Gasteiger partial charge on any atom is 0.263 e. The van der Waals surface area contributed by atoms with E-state index in [0.717, 1.165) is 11.1 Å². The molecular formula is C11H12N2O3. The Morgan fingerprint density at radius 3 is 2.94 bits per heavy atom. The summed E-state index contributed by atoms with van der Waals surface area (Å²) in [7, 11) is 0. The Morgan fingerprint density at radius 1 is 1.56 bits per heavy atom. The maximum absolute atomic E-state index is 11.1. The second kappa shape index (κ2) is 3.92. The van der Waals surface area contributed by atoms with Crippen LogP contribution in [0.1, 0.15) is 28.5 Å². The monoisotopic (exact) mass is 220 g/mol. The Balaban J connectivity index is 2.62. The van der Waals surface area contributed by atoms with Gasteiger partial charge in [0.2, 0.25) is 0 Å². The molecule has 0 atom stereocenters. The number of aldehydes is 1. The smallest absolute Gasteiger partial charge is 0.263 e. The van der Waals surface area contributed by atoms with Crippen LogP contribution in [0, 0.1) is 6.92 Å². The number of carbonyl (C=O) groups excluding carboxylic acids is 2. The van der Waals surface area contributed by atoms with Crippen molar-refractivity contribution in [1.82, 2.24) is 4.98 Å². The molecule has 0 spiro atoms. The average Bonchev–Trinajstić information content (AvgIpc) is 2.28. The van der Waals surface area contributed by atoms with E-state index in [0.29, 0.717) is 30.0 Å². The molecule has 5 nitrogen and oxygen atoms in total. The Labute approximate surface area is 92.8 Å². The molecule has 1 aliphatic rings. The zero-order chi connectivity index (χ0) is 11.7. The van der Waals surface area contributed by atoms with Gasteiger partial charge in [-0.05, 0) is 18.9 Å². The topological polar surface area (TPSA) is 68.3 Å². The van der Waals surface area contributed by atoms with Crippen molar-refractivity contribution in [2.45, 2.75) is 20.3 Å². The number of ether oxygens (including phenoxy) is 1. The van der Waals surface area contributed by atoms with Crippen molar-refractivity contribution in [2.24, 2.45) is 0 Å². The lowest BCUT2D eigenvalue weighted by Gasteiger charge is -2.21. The van der Waals surface area contributed by atoms with Crippen LogP contribution in [-0.2, 0) is 11.2 Å². The van der Waals surface area contributed by atoms with Crippen molar-refractivity contribution < 1.29 is 14.3 Å². The van der Waals surface area contributed by atoms with Crippen LogP contribution in [0.25, 0.3) is 0 Å². The zero-order valence-corrected chi connectivity index (χ0v) is 9.16. The second-order valence-corrected chi connectivity index (χ2v) is 3.59. The number of hydrogen-bond acceptors (Lipinski definition) is 4. The van der Waals surface area contributed by atoms with E-state index in [1.165, 1.54) is 0 Å². The summed E-state index contributed by atoms with van der Waals surface area (Å²) in [5.74, 6) is 0.663. The first-order valence-corrected chi connectivity index (χ1v) is 5.08. The van der Waals surface area contributed by atoms with Crippen LogP contribution in [0.2, 0.25) is 0 Å². The third-order valence-electron chi connectivity index (χ3n) is 2.62. The molecule has 1 amide bonds. The maximum atomic E-state index is 11.1. The molecule has 1 aliphatic heterocycles. The third-order valence-corrected chi connectivity index (χ3v) is 2.62. The van der Waals surface area contributed by atoms with Gasteiger partial charge >= 0.3 is 0 Å². The summed E-state index contributed by atoms with van der Waals surface area (Å²) in [5, 5.41) is 2.59. The van der Waals surface area contributed by atoms with Crippen LogP contribution >= 0.6 is 0 Å². The predicted octanol–water partition coefficient (Wildman–Crippen LogP) is 1.10. The van der Waals surface area contributed by atoms with Gasteiger partial charge < -0.3 is 10.1 Å². The molecule has 2 heterocycles. The molecule has 0 fully saturated rings.